The van der Waals surface area contributed by atoms with Crippen LogP contribution in [0.1, 0.15) is 26.7 Å². The van der Waals surface area contributed by atoms with Gasteiger partial charge in [-0.25, -0.2) is 9.59 Å². The van der Waals surface area contributed by atoms with Gasteiger partial charge in [0.05, 0.1) is 13.2 Å². The second kappa shape index (κ2) is 13.5. The van der Waals surface area contributed by atoms with Gasteiger partial charge in [-0.2, -0.15) is 0 Å². The van der Waals surface area contributed by atoms with Gasteiger partial charge in [-0.05, 0) is 65.0 Å². The fourth-order valence-electron chi connectivity index (χ4n) is 2.82. The molecule has 0 unspecified atom stereocenters. The molecule has 0 spiro atoms. The number of carbonyl (C=O) groups is 4. The van der Waals surface area contributed by atoms with Gasteiger partial charge in [-0.1, -0.05) is 0 Å². The van der Waals surface area contributed by atoms with E-state index in [9.17, 15) is 19.2 Å². The molecule has 168 valence electrons. The van der Waals surface area contributed by atoms with Crippen LogP contribution in [0.3, 0.4) is 0 Å². The van der Waals surface area contributed by atoms with Crippen molar-refractivity contribution >= 4 is 40.4 Å². The van der Waals surface area contributed by atoms with E-state index in [1.165, 1.54) is 0 Å². The van der Waals surface area contributed by atoms with Crippen molar-refractivity contribution < 1.29 is 32.8 Å². The standard InChI is InChI=1S/C18H36N2O7Si2/c1-7-25-17(23)15(21)19-11-9-13-28(3,4)27-29(5,6)14-10-12-20-16(22)18(24)26-8-2/h7-14H2,1-6H3,(H,19,21)(H,20,22). The van der Waals surface area contributed by atoms with E-state index < -0.39 is 40.4 Å². The molecular weight excluding hydrogens is 412 g/mol. The van der Waals surface area contributed by atoms with E-state index in [0.717, 1.165) is 24.9 Å². The number of esters is 2. The highest BCUT2D eigenvalue weighted by Crippen LogP contribution is 2.23. The minimum Gasteiger partial charge on any atom is -0.459 e. The van der Waals surface area contributed by atoms with E-state index in [4.69, 9.17) is 4.12 Å². The third kappa shape index (κ3) is 13.2. The van der Waals surface area contributed by atoms with E-state index in [0.29, 0.717) is 13.1 Å². The average Bonchev–Trinajstić information content (AvgIpc) is 2.61. The van der Waals surface area contributed by atoms with Crippen molar-refractivity contribution in [1.82, 2.24) is 10.6 Å². The Morgan fingerprint density at radius 3 is 1.34 bits per heavy atom. The monoisotopic (exact) mass is 448 g/mol. The molecule has 29 heavy (non-hydrogen) atoms. The number of hydrogen-bond acceptors (Lipinski definition) is 7. The highest BCUT2D eigenvalue weighted by atomic mass is 28.4. The Bertz CT molecular complexity index is 520. The SMILES string of the molecule is CCOC(=O)C(=O)NCCC[Si](C)(C)O[Si](C)(C)CCCNC(=O)C(=O)OCC. The van der Waals surface area contributed by atoms with Crippen molar-refractivity contribution in [3.63, 3.8) is 0 Å². The lowest BCUT2D eigenvalue weighted by atomic mass is 10.4. The number of carbonyl (C=O) groups excluding carboxylic acids is 4. The minimum atomic E-state index is -1.93. The lowest BCUT2D eigenvalue weighted by molar-refractivity contribution is -0.154. The molecule has 0 atom stereocenters. The Morgan fingerprint density at radius 2 is 1.03 bits per heavy atom. The van der Waals surface area contributed by atoms with Crippen LogP contribution in [-0.4, -0.2) is 66.7 Å². The van der Waals surface area contributed by atoms with E-state index in [2.05, 4.69) is 46.3 Å². The van der Waals surface area contributed by atoms with Crippen molar-refractivity contribution in [3.8, 4) is 0 Å². The zero-order chi connectivity index (χ0) is 22.5. The molecule has 0 aliphatic rings. The van der Waals surface area contributed by atoms with Crippen LogP contribution < -0.4 is 10.6 Å². The van der Waals surface area contributed by atoms with Gasteiger partial charge in [0, 0.05) is 13.1 Å². The average molecular weight is 449 g/mol. The topological polar surface area (TPSA) is 120 Å². The van der Waals surface area contributed by atoms with Crippen molar-refractivity contribution in [2.75, 3.05) is 26.3 Å². The van der Waals surface area contributed by atoms with Gasteiger partial charge < -0.3 is 24.2 Å². The molecular formula is C18H36N2O7Si2. The molecule has 0 aromatic rings. The van der Waals surface area contributed by atoms with Crippen LogP contribution >= 0.6 is 0 Å². The largest absolute Gasteiger partial charge is 0.459 e. The molecule has 0 aliphatic carbocycles. The lowest BCUT2D eigenvalue weighted by Gasteiger charge is -2.34. The quantitative estimate of drug-likeness (QED) is 0.201. The maximum atomic E-state index is 11.5. The van der Waals surface area contributed by atoms with Gasteiger partial charge in [-0.15, -0.1) is 0 Å². The summed E-state index contributed by atoms with van der Waals surface area (Å²) < 4.78 is 15.8. The maximum Gasteiger partial charge on any atom is 0.396 e. The van der Waals surface area contributed by atoms with Crippen molar-refractivity contribution in [2.24, 2.45) is 0 Å². The van der Waals surface area contributed by atoms with E-state index in [1.54, 1.807) is 13.8 Å². The summed E-state index contributed by atoms with van der Waals surface area (Å²) in [4.78, 5) is 45.5. The van der Waals surface area contributed by atoms with Crippen molar-refractivity contribution in [3.05, 3.63) is 0 Å². The van der Waals surface area contributed by atoms with Crippen LogP contribution in [0.2, 0.25) is 38.3 Å². The summed E-state index contributed by atoms with van der Waals surface area (Å²) in [7, 11) is -3.86. The Kier molecular flexibility index (Phi) is 12.7. The highest BCUT2D eigenvalue weighted by molar-refractivity contribution is 6.84. The summed E-state index contributed by atoms with van der Waals surface area (Å²) in [5.41, 5.74) is 0. The first-order chi connectivity index (χ1) is 13.4. The molecule has 0 heterocycles. The first kappa shape index (κ1) is 27.3. The maximum absolute atomic E-state index is 11.5. The Balaban J connectivity index is 4.18. The molecule has 11 heteroatoms. The fourth-order valence-corrected chi connectivity index (χ4v) is 11.7. The van der Waals surface area contributed by atoms with Gasteiger partial charge in [0.15, 0.2) is 16.6 Å². The van der Waals surface area contributed by atoms with Crippen LogP contribution in [0.4, 0.5) is 0 Å². The second-order valence-electron chi connectivity index (χ2n) is 7.78. The first-order valence-electron chi connectivity index (χ1n) is 10.0. The molecule has 2 amide bonds. The zero-order valence-electron chi connectivity index (χ0n) is 18.5. The van der Waals surface area contributed by atoms with Gasteiger partial charge in [-0.3, -0.25) is 9.59 Å². The third-order valence-electron chi connectivity index (χ3n) is 3.96. The van der Waals surface area contributed by atoms with Crippen LogP contribution in [-0.2, 0) is 32.8 Å². The molecule has 0 saturated heterocycles. The van der Waals surface area contributed by atoms with Gasteiger partial charge in [0.25, 0.3) is 0 Å². The van der Waals surface area contributed by atoms with E-state index in [1.807, 2.05) is 0 Å². The molecule has 0 aromatic heterocycles. The van der Waals surface area contributed by atoms with Crippen LogP contribution in [0.15, 0.2) is 0 Å². The summed E-state index contributed by atoms with van der Waals surface area (Å²) in [5.74, 6) is -3.15. The Labute approximate surface area is 175 Å². The molecule has 0 radical (unpaired) electrons. The second-order valence-corrected chi connectivity index (χ2v) is 16.6. The molecule has 0 bridgehead atoms. The van der Waals surface area contributed by atoms with E-state index in [-0.39, 0.29) is 13.2 Å². The molecule has 0 saturated carbocycles. The summed E-state index contributed by atoms with van der Waals surface area (Å²) in [6, 6.07) is 1.71. The Hall–Kier alpha value is -1.73. The lowest BCUT2D eigenvalue weighted by Crippen LogP contribution is -2.45. The number of amides is 2. The molecule has 0 aromatic carbocycles. The number of nitrogens with one attached hydrogen (secondary N) is 2. The van der Waals surface area contributed by atoms with Crippen LogP contribution in [0.5, 0.6) is 0 Å². The van der Waals surface area contributed by atoms with Gasteiger partial charge >= 0.3 is 23.8 Å². The summed E-state index contributed by atoms with van der Waals surface area (Å²) in [6.45, 7) is 13.0. The number of ether oxygens (including phenoxy) is 2. The highest BCUT2D eigenvalue weighted by Gasteiger charge is 2.32. The zero-order valence-corrected chi connectivity index (χ0v) is 20.5. The van der Waals surface area contributed by atoms with Gasteiger partial charge in [0.2, 0.25) is 0 Å². The normalized spacial score (nSPS) is 11.5. The molecule has 0 fully saturated rings. The van der Waals surface area contributed by atoms with Crippen molar-refractivity contribution in [2.45, 2.75) is 65.0 Å². The van der Waals surface area contributed by atoms with E-state index >= 15 is 0 Å². The molecule has 2 N–H and O–H groups in total. The molecule has 0 rings (SSSR count). The van der Waals surface area contributed by atoms with Crippen molar-refractivity contribution in [1.29, 1.82) is 0 Å². The predicted octanol–water partition coefficient (Wildman–Crippen LogP) is 1.55. The first-order valence-corrected chi connectivity index (χ1v) is 16.3. The third-order valence-corrected chi connectivity index (χ3v) is 11.5. The number of hydrogen-bond donors (Lipinski definition) is 2. The molecule has 9 nitrogen and oxygen atoms in total. The summed E-state index contributed by atoms with van der Waals surface area (Å²) in [5, 5.41) is 5.12. The smallest absolute Gasteiger partial charge is 0.396 e. The number of rotatable bonds is 12. The Morgan fingerprint density at radius 1 is 0.690 bits per heavy atom. The van der Waals surface area contributed by atoms with Crippen LogP contribution in [0, 0.1) is 0 Å². The summed E-state index contributed by atoms with van der Waals surface area (Å²) in [6.07, 6.45) is 1.45. The van der Waals surface area contributed by atoms with Gasteiger partial charge in [0.1, 0.15) is 0 Å². The minimum absolute atomic E-state index is 0.173. The molecule has 0 aliphatic heterocycles. The fraction of sp³-hybridized carbons (Fsp3) is 0.778. The van der Waals surface area contributed by atoms with Crippen LogP contribution in [0.25, 0.3) is 0 Å². The predicted molar refractivity (Wildman–Crippen MR) is 114 cm³/mol. The summed E-state index contributed by atoms with van der Waals surface area (Å²) >= 11 is 0.